The molecule has 1 heterocycles. The molecule has 0 amide bonds. The van der Waals surface area contributed by atoms with E-state index in [4.69, 9.17) is 5.73 Å². The molecular weight excluding hydrogens is 315 g/mol. The summed E-state index contributed by atoms with van der Waals surface area (Å²) in [5, 5.41) is 0.959. The largest absolute Gasteiger partial charge is 0.360 e. The molecule has 0 spiro atoms. The molecule has 2 aromatic rings. The van der Waals surface area contributed by atoms with Crippen LogP contribution in [0.25, 0.3) is 10.9 Å². The van der Waals surface area contributed by atoms with E-state index in [-0.39, 0.29) is 5.78 Å². The van der Waals surface area contributed by atoms with Gasteiger partial charge in [-0.2, -0.15) is 0 Å². The van der Waals surface area contributed by atoms with Crippen LogP contribution in [0.3, 0.4) is 0 Å². The average molecular weight is 328 g/mol. The first-order valence-electron chi connectivity index (χ1n) is 5.20. The molecule has 1 unspecified atom stereocenters. The highest BCUT2D eigenvalue weighted by Gasteiger charge is 2.17. The third-order valence-electron chi connectivity index (χ3n) is 2.69. The number of hydrogen-bond donors (Lipinski definition) is 2. The van der Waals surface area contributed by atoms with Crippen LogP contribution in [0.4, 0.5) is 0 Å². The van der Waals surface area contributed by atoms with Crippen molar-refractivity contribution in [3.8, 4) is 0 Å². The first kappa shape index (κ1) is 11.6. The van der Waals surface area contributed by atoms with Crippen LogP contribution in [0.1, 0.15) is 23.7 Å². The fourth-order valence-corrected chi connectivity index (χ4v) is 2.17. The van der Waals surface area contributed by atoms with E-state index in [9.17, 15) is 4.79 Å². The normalized spacial score (nSPS) is 12.9. The molecule has 4 heteroatoms. The number of nitrogens with one attached hydrogen (secondary N) is 1. The highest BCUT2D eigenvalue weighted by molar-refractivity contribution is 14.1. The van der Waals surface area contributed by atoms with Gasteiger partial charge in [-0.1, -0.05) is 6.92 Å². The summed E-state index contributed by atoms with van der Waals surface area (Å²) in [5.41, 5.74) is 7.45. The van der Waals surface area contributed by atoms with Crippen LogP contribution >= 0.6 is 22.6 Å². The van der Waals surface area contributed by atoms with E-state index < -0.39 is 6.04 Å². The van der Waals surface area contributed by atoms with Gasteiger partial charge in [0.05, 0.1) is 6.04 Å². The molecule has 2 rings (SSSR count). The molecule has 1 atom stereocenters. The third kappa shape index (κ3) is 1.99. The predicted molar refractivity (Wildman–Crippen MR) is 73.6 cm³/mol. The molecule has 1 aromatic carbocycles. The maximum atomic E-state index is 12.0. The molecule has 0 fully saturated rings. The number of aromatic amines is 1. The molecule has 0 bridgehead atoms. The Morgan fingerprint density at radius 1 is 1.56 bits per heavy atom. The van der Waals surface area contributed by atoms with Crippen molar-refractivity contribution in [1.29, 1.82) is 0 Å². The highest BCUT2D eigenvalue weighted by atomic mass is 127. The van der Waals surface area contributed by atoms with E-state index in [0.717, 1.165) is 14.5 Å². The summed E-state index contributed by atoms with van der Waals surface area (Å²) < 4.78 is 1.11. The zero-order chi connectivity index (χ0) is 11.7. The SMILES string of the molecule is CCC(N)C(=O)c1c[nH]c2ccc(I)cc12. The Kier molecular flexibility index (Phi) is 3.30. The van der Waals surface area contributed by atoms with Crippen LogP contribution in [0.2, 0.25) is 0 Å². The Bertz CT molecular complexity index is 533. The molecule has 3 N–H and O–H groups in total. The summed E-state index contributed by atoms with van der Waals surface area (Å²) in [6.45, 7) is 1.92. The summed E-state index contributed by atoms with van der Waals surface area (Å²) in [6, 6.07) is 5.58. The topological polar surface area (TPSA) is 58.9 Å². The quantitative estimate of drug-likeness (QED) is 0.672. The number of benzene rings is 1. The Balaban J connectivity index is 2.53. The van der Waals surface area contributed by atoms with Gasteiger partial charge in [0.2, 0.25) is 0 Å². The van der Waals surface area contributed by atoms with Gasteiger partial charge in [0.15, 0.2) is 5.78 Å². The predicted octanol–water partition coefficient (Wildman–Crippen LogP) is 2.69. The lowest BCUT2D eigenvalue weighted by Crippen LogP contribution is -2.29. The molecule has 0 saturated heterocycles. The smallest absolute Gasteiger partial charge is 0.181 e. The van der Waals surface area contributed by atoms with Crippen molar-refractivity contribution in [2.24, 2.45) is 5.73 Å². The third-order valence-corrected chi connectivity index (χ3v) is 3.36. The molecule has 0 aliphatic rings. The van der Waals surface area contributed by atoms with Crippen molar-refractivity contribution in [1.82, 2.24) is 4.98 Å². The van der Waals surface area contributed by atoms with Gasteiger partial charge in [0, 0.05) is 26.2 Å². The number of H-pyrrole nitrogens is 1. The molecule has 0 radical (unpaired) electrons. The number of aromatic nitrogens is 1. The molecule has 0 aliphatic heterocycles. The molecule has 0 aliphatic carbocycles. The Morgan fingerprint density at radius 2 is 2.31 bits per heavy atom. The maximum Gasteiger partial charge on any atom is 0.181 e. The van der Waals surface area contributed by atoms with E-state index in [0.29, 0.717) is 12.0 Å². The van der Waals surface area contributed by atoms with Crippen LogP contribution in [-0.2, 0) is 0 Å². The molecular formula is C12H13IN2O. The number of halogens is 1. The van der Waals surface area contributed by atoms with Crippen LogP contribution in [-0.4, -0.2) is 16.8 Å². The molecule has 0 saturated carbocycles. The van der Waals surface area contributed by atoms with Gasteiger partial charge in [-0.15, -0.1) is 0 Å². The number of Topliss-reactive ketones (excluding diaryl/α,β-unsaturated/α-hetero) is 1. The standard InChI is InChI=1S/C12H13IN2O/c1-2-10(14)12(16)9-6-15-11-4-3-7(13)5-8(9)11/h3-6,10,15H,2,14H2,1H3. The monoisotopic (exact) mass is 328 g/mol. The molecule has 1 aromatic heterocycles. The van der Waals surface area contributed by atoms with Crippen molar-refractivity contribution in [2.75, 3.05) is 0 Å². The van der Waals surface area contributed by atoms with Crippen molar-refractivity contribution in [3.05, 3.63) is 33.5 Å². The van der Waals surface area contributed by atoms with Crippen LogP contribution in [0.15, 0.2) is 24.4 Å². The number of fused-ring (bicyclic) bond motifs is 1. The van der Waals surface area contributed by atoms with E-state index in [1.807, 2.05) is 25.1 Å². The number of ketones is 1. The van der Waals surface area contributed by atoms with E-state index >= 15 is 0 Å². The minimum Gasteiger partial charge on any atom is -0.360 e. The lowest BCUT2D eigenvalue weighted by molar-refractivity contribution is 0.0961. The summed E-state index contributed by atoms with van der Waals surface area (Å²) in [5.74, 6) is 0.00995. The minimum atomic E-state index is -0.406. The summed E-state index contributed by atoms with van der Waals surface area (Å²) in [4.78, 5) is 15.1. The fourth-order valence-electron chi connectivity index (χ4n) is 1.68. The Hall–Kier alpha value is -0.880. The number of rotatable bonds is 3. The summed E-state index contributed by atoms with van der Waals surface area (Å²) in [6.07, 6.45) is 2.41. The Morgan fingerprint density at radius 3 is 3.00 bits per heavy atom. The van der Waals surface area contributed by atoms with Crippen molar-refractivity contribution in [2.45, 2.75) is 19.4 Å². The maximum absolute atomic E-state index is 12.0. The van der Waals surface area contributed by atoms with Gasteiger partial charge in [-0.25, -0.2) is 0 Å². The first-order valence-corrected chi connectivity index (χ1v) is 6.27. The number of nitrogens with two attached hydrogens (primary N) is 1. The van der Waals surface area contributed by atoms with Crippen LogP contribution in [0, 0.1) is 3.57 Å². The molecule has 16 heavy (non-hydrogen) atoms. The number of carbonyl (C=O) groups is 1. The van der Waals surface area contributed by atoms with Crippen molar-refractivity contribution >= 4 is 39.3 Å². The fraction of sp³-hybridized carbons (Fsp3) is 0.250. The molecule has 84 valence electrons. The lowest BCUT2D eigenvalue weighted by atomic mass is 10.0. The van der Waals surface area contributed by atoms with Gasteiger partial charge in [-0.05, 0) is 47.2 Å². The lowest BCUT2D eigenvalue weighted by Gasteiger charge is -2.06. The van der Waals surface area contributed by atoms with Gasteiger partial charge in [-0.3, -0.25) is 4.79 Å². The van der Waals surface area contributed by atoms with E-state index in [2.05, 4.69) is 27.6 Å². The zero-order valence-electron chi connectivity index (χ0n) is 8.96. The van der Waals surface area contributed by atoms with Crippen LogP contribution < -0.4 is 5.73 Å². The summed E-state index contributed by atoms with van der Waals surface area (Å²) >= 11 is 2.24. The van der Waals surface area contributed by atoms with Crippen LogP contribution in [0.5, 0.6) is 0 Å². The van der Waals surface area contributed by atoms with Gasteiger partial charge in [0.25, 0.3) is 0 Å². The van der Waals surface area contributed by atoms with Crippen molar-refractivity contribution in [3.63, 3.8) is 0 Å². The van der Waals surface area contributed by atoms with E-state index in [1.165, 1.54) is 0 Å². The van der Waals surface area contributed by atoms with Crippen molar-refractivity contribution < 1.29 is 4.79 Å². The number of carbonyl (C=O) groups excluding carboxylic acids is 1. The van der Waals surface area contributed by atoms with Gasteiger partial charge in [0.1, 0.15) is 0 Å². The average Bonchev–Trinajstić information content (AvgIpc) is 2.69. The first-order chi connectivity index (χ1) is 7.63. The second kappa shape index (κ2) is 4.55. The highest BCUT2D eigenvalue weighted by Crippen LogP contribution is 2.22. The summed E-state index contributed by atoms with van der Waals surface area (Å²) in [7, 11) is 0. The Labute approximate surface area is 108 Å². The number of hydrogen-bond acceptors (Lipinski definition) is 2. The van der Waals surface area contributed by atoms with E-state index in [1.54, 1.807) is 6.20 Å². The van der Waals surface area contributed by atoms with Gasteiger partial charge < -0.3 is 10.7 Å². The van der Waals surface area contributed by atoms with Gasteiger partial charge >= 0.3 is 0 Å². The molecule has 3 nitrogen and oxygen atoms in total. The second-order valence-electron chi connectivity index (χ2n) is 3.77. The zero-order valence-corrected chi connectivity index (χ0v) is 11.1. The minimum absolute atomic E-state index is 0.00995. The second-order valence-corrected chi connectivity index (χ2v) is 5.02.